The highest BCUT2D eigenvalue weighted by atomic mass is 16.3. The van der Waals surface area contributed by atoms with Crippen molar-refractivity contribution in [3.63, 3.8) is 0 Å². The van der Waals surface area contributed by atoms with Gasteiger partial charge in [-0.05, 0) is 68.4 Å². The topological polar surface area (TPSA) is 77.8 Å². The van der Waals surface area contributed by atoms with Crippen molar-refractivity contribution in [3.8, 4) is 0 Å². The van der Waals surface area contributed by atoms with Crippen LogP contribution in [0.3, 0.4) is 0 Å². The van der Waals surface area contributed by atoms with E-state index in [9.17, 15) is 9.90 Å². The number of nitrogens with one attached hydrogen (secondary N) is 1. The van der Waals surface area contributed by atoms with E-state index in [0.717, 1.165) is 33.4 Å². The summed E-state index contributed by atoms with van der Waals surface area (Å²) in [5.74, 6) is 0.162. The predicted octanol–water partition coefficient (Wildman–Crippen LogP) is 3.44. The molecule has 3 aromatic rings. The van der Waals surface area contributed by atoms with Crippen molar-refractivity contribution in [1.82, 2.24) is 10.3 Å². The van der Waals surface area contributed by atoms with Gasteiger partial charge in [-0.25, -0.2) is 4.99 Å². The summed E-state index contributed by atoms with van der Waals surface area (Å²) >= 11 is 0. The summed E-state index contributed by atoms with van der Waals surface area (Å²) in [5, 5.41) is 15.4. The van der Waals surface area contributed by atoms with Crippen LogP contribution in [-0.4, -0.2) is 40.9 Å². The number of nitrogens with zero attached hydrogens (tertiary/aromatic N) is 3. The van der Waals surface area contributed by atoms with Crippen LogP contribution in [0.4, 0.5) is 11.4 Å². The molecule has 0 unspecified atom stereocenters. The molecule has 6 nitrogen and oxygen atoms in total. The first-order valence-electron chi connectivity index (χ1n) is 10.2. The first-order chi connectivity index (χ1) is 14.4. The maximum Gasteiger partial charge on any atom is 0.204 e. The summed E-state index contributed by atoms with van der Waals surface area (Å²) in [6.45, 7) is 5.22. The molecule has 1 fully saturated rings. The molecule has 1 aromatic heterocycles. The number of aromatic nitrogens is 1. The van der Waals surface area contributed by atoms with E-state index in [0.29, 0.717) is 36.6 Å². The number of aryl methyl sites for hydroxylation is 2. The van der Waals surface area contributed by atoms with Gasteiger partial charge in [0.15, 0.2) is 5.60 Å². The second-order valence-electron chi connectivity index (χ2n) is 8.19. The van der Waals surface area contributed by atoms with Gasteiger partial charge >= 0.3 is 0 Å². The maximum atomic E-state index is 13.2. The fraction of sp³-hybridized carbons (Fsp3) is 0.292. The van der Waals surface area contributed by atoms with E-state index in [1.54, 1.807) is 0 Å². The van der Waals surface area contributed by atoms with Crippen LogP contribution in [-0.2, 0) is 6.54 Å². The summed E-state index contributed by atoms with van der Waals surface area (Å²) in [5.41, 5.74) is 4.48. The molecule has 0 amide bonds. The quantitative estimate of drug-likeness (QED) is 0.704. The number of carbonyl (C=O) groups is 1. The summed E-state index contributed by atoms with van der Waals surface area (Å²) in [6.07, 6.45) is 0.328. The number of anilines is 1. The van der Waals surface area contributed by atoms with Gasteiger partial charge in [0.25, 0.3) is 0 Å². The Hall–Kier alpha value is -3.09. The van der Waals surface area contributed by atoms with Crippen LogP contribution in [0.2, 0.25) is 0 Å². The number of hydrogen-bond acceptors (Lipinski definition) is 6. The fourth-order valence-corrected chi connectivity index (χ4v) is 4.35. The van der Waals surface area contributed by atoms with Crippen LogP contribution in [0.5, 0.6) is 0 Å². The lowest BCUT2D eigenvalue weighted by atomic mass is 9.86. The minimum Gasteiger partial charge on any atom is -0.374 e. The highest BCUT2D eigenvalue weighted by Gasteiger charge is 2.52. The molecule has 152 valence electrons. The van der Waals surface area contributed by atoms with Gasteiger partial charge < -0.3 is 15.3 Å². The van der Waals surface area contributed by atoms with Crippen molar-refractivity contribution < 1.29 is 9.90 Å². The molecule has 5 rings (SSSR count). The Balaban J connectivity index is 1.59. The van der Waals surface area contributed by atoms with Gasteiger partial charge in [0.2, 0.25) is 5.78 Å². The average molecular weight is 400 g/mol. The molecule has 0 spiro atoms. The zero-order valence-corrected chi connectivity index (χ0v) is 17.4. The van der Waals surface area contributed by atoms with Crippen LogP contribution in [0.25, 0.3) is 10.9 Å². The Labute approximate surface area is 175 Å². The Kier molecular flexibility index (Phi) is 4.24. The number of carbonyl (C=O) groups excluding carboxylic acids is 1. The highest BCUT2D eigenvalue weighted by Crippen LogP contribution is 2.40. The van der Waals surface area contributed by atoms with Crippen molar-refractivity contribution in [2.75, 3.05) is 18.5 Å². The van der Waals surface area contributed by atoms with Crippen LogP contribution >= 0.6 is 0 Å². The van der Waals surface area contributed by atoms with Crippen molar-refractivity contribution >= 4 is 33.9 Å². The van der Waals surface area contributed by atoms with E-state index < -0.39 is 5.60 Å². The zero-order valence-electron chi connectivity index (χ0n) is 17.4. The molecule has 0 bridgehead atoms. The first-order valence-corrected chi connectivity index (χ1v) is 10.2. The summed E-state index contributed by atoms with van der Waals surface area (Å²) in [4.78, 5) is 24.6. The van der Waals surface area contributed by atoms with Crippen LogP contribution < -0.4 is 10.2 Å². The number of Topliss-reactive ketones (excluding diaryl/α,β-unsaturated/α-hetero) is 1. The van der Waals surface area contributed by atoms with Crippen LogP contribution in [0.15, 0.2) is 47.5 Å². The third kappa shape index (κ3) is 2.75. The van der Waals surface area contributed by atoms with Crippen LogP contribution in [0.1, 0.15) is 33.6 Å². The largest absolute Gasteiger partial charge is 0.374 e. The third-order valence-electron chi connectivity index (χ3n) is 6.18. The SMILES string of the molecule is CNCc1ccc2cc(N3CC[C@@]4(O)C(=O)c5cc(C)c(C)cc5N=C34)ccc2n1. The van der Waals surface area contributed by atoms with Crippen molar-refractivity contribution in [3.05, 3.63) is 64.8 Å². The van der Waals surface area contributed by atoms with E-state index in [1.165, 1.54) is 0 Å². The lowest BCUT2D eigenvalue weighted by Crippen LogP contribution is -2.48. The lowest BCUT2D eigenvalue weighted by Gasteiger charge is -2.30. The number of benzene rings is 2. The van der Waals surface area contributed by atoms with E-state index in [1.807, 2.05) is 62.2 Å². The molecule has 30 heavy (non-hydrogen) atoms. The summed E-state index contributed by atoms with van der Waals surface area (Å²) in [7, 11) is 1.90. The van der Waals surface area contributed by atoms with E-state index in [4.69, 9.17) is 4.99 Å². The van der Waals surface area contributed by atoms with Crippen LogP contribution in [0, 0.1) is 13.8 Å². The predicted molar refractivity (Wildman–Crippen MR) is 119 cm³/mol. The van der Waals surface area contributed by atoms with E-state index in [2.05, 4.69) is 16.4 Å². The molecule has 0 radical (unpaired) electrons. The van der Waals surface area contributed by atoms with Gasteiger partial charge in [-0.1, -0.05) is 6.07 Å². The number of hydrogen-bond donors (Lipinski definition) is 2. The smallest absolute Gasteiger partial charge is 0.204 e. The van der Waals surface area contributed by atoms with Gasteiger partial charge in [-0.15, -0.1) is 0 Å². The minimum atomic E-state index is -1.57. The Morgan fingerprint density at radius 2 is 1.93 bits per heavy atom. The number of rotatable bonds is 3. The Bertz CT molecular complexity index is 1230. The molecule has 2 aromatic carbocycles. The molecule has 0 aliphatic carbocycles. The molecule has 2 N–H and O–H groups in total. The molecule has 3 heterocycles. The highest BCUT2D eigenvalue weighted by molar-refractivity contribution is 6.28. The zero-order chi connectivity index (χ0) is 21.0. The van der Waals surface area contributed by atoms with Gasteiger partial charge in [-0.3, -0.25) is 9.78 Å². The maximum absolute atomic E-state index is 13.2. The molecule has 2 aliphatic heterocycles. The van der Waals surface area contributed by atoms with Gasteiger partial charge in [0.1, 0.15) is 5.84 Å². The van der Waals surface area contributed by atoms with Crippen molar-refractivity contribution in [2.24, 2.45) is 4.99 Å². The normalized spacial score (nSPS) is 20.3. The molecular formula is C24H24N4O2. The minimum absolute atomic E-state index is 0.257. The Morgan fingerprint density at radius 1 is 1.13 bits per heavy atom. The number of aliphatic imine (C=N–C) groups is 1. The summed E-state index contributed by atoms with van der Waals surface area (Å²) in [6, 6.07) is 13.8. The first kappa shape index (κ1) is 18.9. The van der Waals surface area contributed by atoms with Crippen molar-refractivity contribution in [2.45, 2.75) is 32.4 Å². The van der Waals surface area contributed by atoms with E-state index in [-0.39, 0.29) is 5.78 Å². The standard InChI is InChI=1S/C24H24N4O2/c1-14-10-19-21(11-15(14)2)27-23-24(30,22(19)29)8-9-28(23)18-6-7-20-16(12-18)4-5-17(26-20)13-25-3/h4-7,10-12,25,30H,8-9,13H2,1-3H3/t24-/m1/s1. The van der Waals surface area contributed by atoms with Gasteiger partial charge in [0, 0.05) is 36.1 Å². The summed E-state index contributed by atoms with van der Waals surface area (Å²) < 4.78 is 0. The van der Waals surface area contributed by atoms with Crippen molar-refractivity contribution in [1.29, 1.82) is 0 Å². The van der Waals surface area contributed by atoms with Gasteiger partial charge in [0.05, 0.1) is 16.9 Å². The van der Waals surface area contributed by atoms with Gasteiger partial charge in [-0.2, -0.15) is 0 Å². The molecule has 0 saturated carbocycles. The molecule has 6 heteroatoms. The number of aliphatic hydroxyl groups is 1. The number of fused-ring (bicyclic) bond motifs is 3. The van der Waals surface area contributed by atoms with E-state index >= 15 is 0 Å². The number of ketones is 1. The third-order valence-corrected chi connectivity index (χ3v) is 6.18. The molecule has 1 atom stereocenters. The Morgan fingerprint density at radius 3 is 2.73 bits per heavy atom. The monoisotopic (exact) mass is 400 g/mol. The molecule has 1 saturated heterocycles. The second-order valence-corrected chi connectivity index (χ2v) is 8.19. The molecular weight excluding hydrogens is 376 g/mol. The lowest BCUT2D eigenvalue weighted by molar-refractivity contribution is 0.0602. The number of pyridine rings is 1. The average Bonchev–Trinajstić information content (AvgIpc) is 3.07. The fourth-order valence-electron chi connectivity index (χ4n) is 4.35. The second kappa shape index (κ2) is 6.72. The number of amidine groups is 1. The molecule has 2 aliphatic rings.